The molecular weight excluding hydrogens is 546 g/mol. The van der Waals surface area contributed by atoms with Gasteiger partial charge in [-0.3, -0.25) is 19.9 Å². The summed E-state index contributed by atoms with van der Waals surface area (Å²) in [6, 6.07) is 11.5. The van der Waals surface area contributed by atoms with E-state index in [4.69, 9.17) is 30.4 Å². The lowest BCUT2D eigenvalue weighted by molar-refractivity contribution is 0.144. The van der Waals surface area contributed by atoms with Gasteiger partial charge < -0.3 is 30.4 Å². The molecule has 5 aromatic rings. The molecule has 1 aromatic carbocycles. The second kappa shape index (κ2) is 14.1. The van der Waals surface area contributed by atoms with Crippen molar-refractivity contribution in [3.8, 4) is 28.5 Å². The van der Waals surface area contributed by atoms with E-state index in [1.165, 1.54) is 5.56 Å². The Morgan fingerprint density at radius 1 is 0.884 bits per heavy atom. The molecule has 4 heterocycles. The maximum Gasteiger partial charge on any atom is 0.163 e. The number of anilines is 1. The number of likely N-dealkylation sites (N-methyl/N-ethyl adjacent to an activating group) is 1. The molecule has 11 heteroatoms. The summed E-state index contributed by atoms with van der Waals surface area (Å²) in [5.41, 5.74) is 16.2. The lowest BCUT2D eigenvalue weighted by Crippen LogP contribution is -2.40. The van der Waals surface area contributed by atoms with Crippen LogP contribution in [0.4, 0.5) is 5.82 Å². The summed E-state index contributed by atoms with van der Waals surface area (Å²) in [4.78, 5) is 20.0. The predicted octanol–water partition coefficient (Wildman–Crippen LogP) is 4.08. The van der Waals surface area contributed by atoms with E-state index in [9.17, 15) is 0 Å². The molecule has 0 aliphatic rings. The molecule has 0 aliphatic heterocycles. The molecule has 0 bridgehead atoms. The third-order valence-electron chi connectivity index (χ3n) is 7.11. The first kappa shape index (κ1) is 29.9. The van der Waals surface area contributed by atoms with Crippen LogP contribution >= 0.6 is 0 Å². The van der Waals surface area contributed by atoms with Crippen molar-refractivity contribution in [2.24, 2.45) is 5.73 Å². The second-order valence-electron chi connectivity index (χ2n) is 10.1. The second-order valence-corrected chi connectivity index (χ2v) is 10.1. The largest absolute Gasteiger partial charge is 0.493 e. The summed E-state index contributed by atoms with van der Waals surface area (Å²) in [6.07, 6.45) is 8.74. The Hall–Kier alpha value is -4.58. The Balaban J connectivity index is 1.35. The van der Waals surface area contributed by atoms with Crippen molar-refractivity contribution in [1.29, 1.82) is 0 Å². The zero-order valence-corrected chi connectivity index (χ0v) is 24.7. The molecule has 0 spiro atoms. The van der Waals surface area contributed by atoms with Gasteiger partial charge >= 0.3 is 0 Å². The number of ether oxygens (including phenoxy) is 4. The fourth-order valence-electron chi connectivity index (χ4n) is 4.87. The lowest BCUT2D eigenvalue weighted by Gasteiger charge is -2.24. The van der Waals surface area contributed by atoms with E-state index >= 15 is 0 Å². The average molecular weight is 584 g/mol. The maximum atomic E-state index is 6.44. The van der Waals surface area contributed by atoms with Crippen molar-refractivity contribution in [2.45, 2.75) is 19.5 Å². The highest BCUT2D eigenvalue weighted by molar-refractivity contribution is 6.10. The number of benzene rings is 1. The van der Waals surface area contributed by atoms with Crippen molar-refractivity contribution in [3.63, 3.8) is 0 Å². The number of nitrogen functional groups attached to an aromatic ring is 1. The Kier molecular flexibility index (Phi) is 9.77. The number of hydrogen-bond acceptors (Lipinski definition) is 11. The van der Waals surface area contributed by atoms with Crippen LogP contribution in [0.2, 0.25) is 0 Å². The predicted molar refractivity (Wildman–Crippen MR) is 167 cm³/mol. The average Bonchev–Trinajstić information content (AvgIpc) is 3.03. The van der Waals surface area contributed by atoms with Crippen LogP contribution in [-0.4, -0.2) is 78.0 Å². The highest BCUT2D eigenvalue weighted by Gasteiger charge is 2.15. The number of rotatable bonds is 14. The molecule has 0 radical (unpaired) electrons. The number of hydrogen-bond donors (Lipinski definition) is 2. The Labute approximate surface area is 250 Å². The van der Waals surface area contributed by atoms with Crippen LogP contribution in [-0.2, 0) is 11.3 Å². The third kappa shape index (κ3) is 7.26. The first-order valence-corrected chi connectivity index (χ1v) is 14.1. The van der Waals surface area contributed by atoms with Crippen LogP contribution < -0.4 is 25.7 Å². The summed E-state index contributed by atoms with van der Waals surface area (Å²) in [6.45, 7) is 5.69. The van der Waals surface area contributed by atoms with E-state index in [1.54, 1.807) is 45.2 Å². The molecular formula is C32H37N7O4. The van der Waals surface area contributed by atoms with Crippen molar-refractivity contribution >= 4 is 27.5 Å². The zero-order valence-electron chi connectivity index (χ0n) is 24.7. The van der Waals surface area contributed by atoms with Gasteiger partial charge in [0.1, 0.15) is 24.8 Å². The fraction of sp³-hybridized carbons (Fsp3) is 0.312. The summed E-state index contributed by atoms with van der Waals surface area (Å²) >= 11 is 0. The summed E-state index contributed by atoms with van der Waals surface area (Å²) in [7, 11) is 3.23. The normalized spacial score (nSPS) is 12.1. The zero-order chi connectivity index (χ0) is 30.2. The van der Waals surface area contributed by atoms with Gasteiger partial charge in [-0.15, -0.1) is 0 Å². The van der Waals surface area contributed by atoms with Crippen molar-refractivity contribution in [3.05, 3.63) is 72.9 Å². The fourth-order valence-corrected chi connectivity index (χ4v) is 4.87. The van der Waals surface area contributed by atoms with Gasteiger partial charge in [-0.1, -0.05) is 6.92 Å². The van der Waals surface area contributed by atoms with Gasteiger partial charge in [0, 0.05) is 67.4 Å². The Bertz CT molecular complexity index is 1670. The number of pyridine rings is 4. The number of nitrogens with zero attached hydrogens (tertiary/aromatic N) is 5. The number of methoxy groups -OCH3 is 2. The van der Waals surface area contributed by atoms with E-state index in [-0.39, 0.29) is 6.04 Å². The van der Waals surface area contributed by atoms with E-state index < -0.39 is 0 Å². The molecule has 43 heavy (non-hydrogen) atoms. The lowest BCUT2D eigenvalue weighted by atomic mass is 10.0. The van der Waals surface area contributed by atoms with Crippen LogP contribution in [0.5, 0.6) is 17.2 Å². The summed E-state index contributed by atoms with van der Waals surface area (Å²) < 4.78 is 22.6. The molecule has 0 aliphatic carbocycles. The number of nitrogens with two attached hydrogens (primary N) is 2. The van der Waals surface area contributed by atoms with Crippen molar-refractivity contribution in [1.82, 2.24) is 24.8 Å². The van der Waals surface area contributed by atoms with E-state index in [0.717, 1.165) is 40.3 Å². The van der Waals surface area contributed by atoms with Crippen LogP contribution in [0.3, 0.4) is 0 Å². The minimum Gasteiger partial charge on any atom is -0.493 e. The molecule has 0 fully saturated rings. The topological polar surface area (TPSA) is 144 Å². The molecule has 224 valence electrons. The molecule has 4 N–H and O–H groups in total. The minimum absolute atomic E-state index is 0.183. The van der Waals surface area contributed by atoms with E-state index in [2.05, 4.69) is 31.8 Å². The quantitative estimate of drug-likeness (QED) is 0.144. The Morgan fingerprint density at radius 3 is 2.49 bits per heavy atom. The maximum absolute atomic E-state index is 6.44. The van der Waals surface area contributed by atoms with E-state index in [1.807, 2.05) is 36.4 Å². The number of aromatic nitrogens is 4. The smallest absolute Gasteiger partial charge is 0.163 e. The highest BCUT2D eigenvalue weighted by Crippen LogP contribution is 2.37. The molecule has 1 atom stereocenters. The molecule has 11 nitrogen and oxygen atoms in total. The summed E-state index contributed by atoms with van der Waals surface area (Å²) in [5, 5.41) is 2.49. The monoisotopic (exact) mass is 583 g/mol. The SMILES string of the molecule is CCN(Cc1ccncc1)C[C@H](N)COc1cncc(-c2cc3c(cnc4cc(OCCOC)c(OC)cc43)c(N)n2)c1. The third-order valence-corrected chi connectivity index (χ3v) is 7.11. The van der Waals surface area contributed by atoms with Crippen molar-refractivity contribution in [2.75, 3.05) is 52.9 Å². The molecule has 0 amide bonds. The van der Waals surface area contributed by atoms with Gasteiger partial charge in [0.25, 0.3) is 0 Å². The standard InChI is InChI=1S/C32H37N7O4/c1-4-39(18-21-5-7-35-8-6-21)19-23(33)20-43-24-11-22(15-36-16-24)28-12-25-26-13-30(41-3)31(42-10-9-40-2)14-29(26)37-17-27(25)32(34)38-28/h5-8,11-17,23H,4,9-10,18-20,33H2,1-3H3,(H2,34,38)/t23-/m0/s1. The highest BCUT2D eigenvalue weighted by atomic mass is 16.5. The van der Waals surface area contributed by atoms with Crippen LogP contribution in [0.25, 0.3) is 32.9 Å². The molecule has 4 aromatic heterocycles. The van der Waals surface area contributed by atoms with Crippen LogP contribution in [0.1, 0.15) is 12.5 Å². The molecule has 0 saturated heterocycles. The van der Waals surface area contributed by atoms with Gasteiger partial charge in [0.05, 0.1) is 37.2 Å². The van der Waals surface area contributed by atoms with Gasteiger partial charge in [-0.25, -0.2) is 4.98 Å². The number of fused-ring (bicyclic) bond motifs is 3. The van der Waals surface area contributed by atoms with Crippen molar-refractivity contribution < 1.29 is 18.9 Å². The molecule has 0 unspecified atom stereocenters. The van der Waals surface area contributed by atoms with E-state index in [0.29, 0.717) is 55.1 Å². The minimum atomic E-state index is -0.183. The summed E-state index contributed by atoms with van der Waals surface area (Å²) in [5.74, 6) is 2.15. The Morgan fingerprint density at radius 2 is 1.72 bits per heavy atom. The van der Waals surface area contributed by atoms with Crippen LogP contribution in [0.15, 0.2) is 67.4 Å². The van der Waals surface area contributed by atoms with Gasteiger partial charge in [-0.2, -0.15) is 0 Å². The first-order valence-electron chi connectivity index (χ1n) is 14.1. The van der Waals surface area contributed by atoms with Gasteiger partial charge in [-0.05, 0) is 47.8 Å². The van der Waals surface area contributed by atoms with Gasteiger partial charge in [0.15, 0.2) is 11.5 Å². The van der Waals surface area contributed by atoms with Crippen LogP contribution in [0, 0.1) is 0 Å². The first-order chi connectivity index (χ1) is 21.0. The molecule has 0 saturated carbocycles. The molecule has 5 rings (SSSR count). The van der Waals surface area contributed by atoms with Gasteiger partial charge in [0.2, 0.25) is 0 Å².